The van der Waals surface area contributed by atoms with Crippen molar-refractivity contribution in [3.8, 4) is 5.69 Å². The number of fused-ring (bicyclic) bond motifs is 5. The van der Waals surface area contributed by atoms with Gasteiger partial charge in [-0.05, 0) is 134 Å². The first kappa shape index (κ1) is 24.0. The van der Waals surface area contributed by atoms with Crippen molar-refractivity contribution in [2.75, 3.05) is 0 Å². The Morgan fingerprint density at radius 1 is 1.00 bits per heavy atom. The molecule has 1 aromatic carbocycles. The first-order valence-corrected chi connectivity index (χ1v) is 13.7. The minimum Gasteiger partial charge on any atom is -0.390 e. The van der Waals surface area contributed by atoms with Crippen molar-refractivity contribution in [1.82, 2.24) is 19.8 Å². The van der Waals surface area contributed by atoms with E-state index in [4.69, 9.17) is 0 Å². The van der Waals surface area contributed by atoms with Gasteiger partial charge in [-0.2, -0.15) is 9.36 Å². The maximum absolute atomic E-state index is 13.6. The standard InChI is InChI=1S/C28H37FN4O3/c1-27(36)13-11-20-17(15-27)3-8-22-21(20)12-14-28(2)23(22)9-10-24(28)25(34)16-32-26(35)33(31-30-32)19-6-4-18(29)5-7-19/h4-7,17,20-24,36H,3,8-16H2,1-2H3/t17-,20+,21?,22-,23+,24-,27-,28+/m1/s1. The van der Waals surface area contributed by atoms with Gasteiger partial charge in [0.05, 0.1) is 11.3 Å². The van der Waals surface area contributed by atoms with Gasteiger partial charge < -0.3 is 5.11 Å². The molecule has 4 saturated carbocycles. The Kier molecular flexibility index (Phi) is 5.74. The summed E-state index contributed by atoms with van der Waals surface area (Å²) in [6.07, 6.45) is 9.61. The highest BCUT2D eigenvalue weighted by Gasteiger charge is 2.58. The third kappa shape index (κ3) is 3.87. The van der Waals surface area contributed by atoms with Gasteiger partial charge in [-0.1, -0.05) is 6.92 Å². The Morgan fingerprint density at radius 2 is 1.75 bits per heavy atom. The molecule has 1 heterocycles. The lowest BCUT2D eigenvalue weighted by molar-refractivity contribution is -0.133. The second-order valence-electron chi connectivity index (χ2n) is 12.6. The molecule has 194 valence electrons. The number of benzene rings is 1. The number of carbonyl (C=O) groups excluding carboxylic acids is 1. The van der Waals surface area contributed by atoms with Crippen molar-refractivity contribution in [1.29, 1.82) is 0 Å². The number of ketones is 1. The molecule has 4 aliphatic rings. The number of nitrogens with zero attached hydrogens (tertiary/aromatic N) is 4. The van der Waals surface area contributed by atoms with Gasteiger partial charge in [0, 0.05) is 5.92 Å². The van der Waals surface area contributed by atoms with Gasteiger partial charge in [0.15, 0.2) is 5.78 Å². The third-order valence-electron chi connectivity index (χ3n) is 10.6. The van der Waals surface area contributed by atoms with Crippen LogP contribution in [0.4, 0.5) is 4.39 Å². The van der Waals surface area contributed by atoms with Crippen LogP contribution in [0.5, 0.6) is 0 Å². The normalized spacial score (nSPS) is 39.8. The maximum atomic E-state index is 13.6. The first-order valence-electron chi connectivity index (χ1n) is 13.7. The van der Waals surface area contributed by atoms with Crippen LogP contribution in [0.1, 0.15) is 71.6 Å². The van der Waals surface area contributed by atoms with E-state index in [1.165, 1.54) is 43.5 Å². The second-order valence-corrected chi connectivity index (χ2v) is 12.6. The van der Waals surface area contributed by atoms with Gasteiger partial charge >= 0.3 is 5.69 Å². The molecule has 0 saturated heterocycles. The van der Waals surface area contributed by atoms with Crippen LogP contribution in [-0.4, -0.2) is 36.3 Å². The number of hydrogen-bond acceptors (Lipinski definition) is 5. The Morgan fingerprint density at radius 3 is 2.53 bits per heavy atom. The van der Waals surface area contributed by atoms with Crippen LogP contribution in [0.15, 0.2) is 29.1 Å². The van der Waals surface area contributed by atoms with Crippen LogP contribution >= 0.6 is 0 Å². The Labute approximate surface area is 211 Å². The fourth-order valence-corrected chi connectivity index (χ4v) is 8.99. The molecule has 0 radical (unpaired) electrons. The fraction of sp³-hybridized carbons (Fsp3) is 0.714. The number of halogens is 1. The average molecular weight is 497 g/mol. The lowest BCUT2D eigenvalue weighted by atomic mass is 9.49. The monoisotopic (exact) mass is 496 g/mol. The highest BCUT2D eigenvalue weighted by Crippen LogP contribution is 2.64. The molecule has 6 rings (SSSR count). The van der Waals surface area contributed by atoms with Gasteiger partial charge in [-0.25, -0.2) is 9.18 Å². The average Bonchev–Trinajstić information content (AvgIpc) is 3.38. The van der Waals surface area contributed by atoms with Crippen LogP contribution in [0.2, 0.25) is 0 Å². The molecule has 4 aliphatic carbocycles. The zero-order valence-corrected chi connectivity index (χ0v) is 21.3. The molecule has 1 unspecified atom stereocenters. The summed E-state index contributed by atoms with van der Waals surface area (Å²) < 4.78 is 15.5. The number of aliphatic hydroxyl groups is 1. The van der Waals surface area contributed by atoms with E-state index in [2.05, 4.69) is 17.4 Å². The molecule has 4 fully saturated rings. The lowest BCUT2D eigenvalue weighted by Gasteiger charge is -2.56. The molecule has 1 aromatic heterocycles. The molecule has 0 bridgehead atoms. The highest BCUT2D eigenvalue weighted by molar-refractivity contribution is 5.82. The molecule has 7 nitrogen and oxygen atoms in total. The summed E-state index contributed by atoms with van der Waals surface area (Å²) in [5.74, 6) is 2.96. The number of aromatic nitrogens is 4. The predicted molar refractivity (Wildman–Crippen MR) is 132 cm³/mol. The quantitative estimate of drug-likeness (QED) is 0.687. The van der Waals surface area contributed by atoms with Crippen molar-refractivity contribution in [3.63, 3.8) is 0 Å². The Hall–Kier alpha value is -2.35. The Bertz CT molecular complexity index is 1200. The summed E-state index contributed by atoms with van der Waals surface area (Å²) in [5, 5.41) is 18.5. The summed E-state index contributed by atoms with van der Waals surface area (Å²) in [7, 11) is 0. The van der Waals surface area contributed by atoms with Crippen molar-refractivity contribution >= 4 is 5.78 Å². The fourth-order valence-electron chi connectivity index (χ4n) is 8.99. The van der Waals surface area contributed by atoms with Crippen LogP contribution in [0, 0.1) is 46.7 Å². The second kappa shape index (κ2) is 8.61. The zero-order valence-electron chi connectivity index (χ0n) is 21.3. The summed E-state index contributed by atoms with van der Waals surface area (Å²) in [5.41, 5.74) is -0.587. The number of Topliss-reactive ketones (excluding diaryl/α,β-unsaturated/α-hetero) is 1. The van der Waals surface area contributed by atoms with Crippen LogP contribution in [0.3, 0.4) is 0 Å². The van der Waals surface area contributed by atoms with Crippen molar-refractivity contribution in [2.45, 2.75) is 83.8 Å². The molecule has 0 spiro atoms. The van der Waals surface area contributed by atoms with Crippen LogP contribution in [-0.2, 0) is 11.3 Å². The van der Waals surface area contributed by atoms with E-state index < -0.39 is 17.1 Å². The molecular formula is C28H37FN4O3. The third-order valence-corrected chi connectivity index (χ3v) is 10.6. The Balaban J connectivity index is 1.17. The van der Waals surface area contributed by atoms with Crippen molar-refractivity contribution < 1.29 is 14.3 Å². The van der Waals surface area contributed by atoms with E-state index in [1.807, 2.05) is 6.92 Å². The topological polar surface area (TPSA) is 90.0 Å². The zero-order chi connectivity index (χ0) is 25.2. The molecule has 8 atom stereocenters. The molecule has 1 N–H and O–H groups in total. The largest absolute Gasteiger partial charge is 0.390 e. The van der Waals surface area contributed by atoms with E-state index in [1.54, 1.807) is 0 Å². The minimum absolute atomic E-state index is 0.0260. The summed E-state index contributed by atoms with van der Waals surface area (Å²) in [4.78, 5) is 26.4. The summed E-state index contributed by atoms with van der Waals surface area (Å²) >= 11 is 0. The molecule has 8 heteroatoms. The van der Waals surface area contributed by atoms with Gasteiger partial charge in [-0.3, -0.25) is 4.79 Å². The van der Waals surface area contributed by atoms with E-state index >= 15 is 0 Å². The smallest absolute Gasteiger partial charge is 0.368 e. The van der Waals surface area contributed by atoms with Gasteiger partial charge in [-0.15, -0.1) is 0 Å². The molecule has 0 amide bonds. The van der Waals surface area contributed by atoms with Gasteiger partial charge in [0.2, 0.25) is 0 Å². The number of tetrazole rings is 1. The highest BCUT2D eigenvalue weighted by atomic mass is 19.1. The number of carbonyl (C=O) groups is 1. The summed E-state index contributed by atoms with van der Waals surface area (Å²) in [6.45, 7) is 4.25. The molecular weight excluding hydrogens is 459 g/mol. The first-order chi connectivity index (χ1) is 17.2. The van der Waals surface area contributed by atoms with Gasteiger partial charge in [0.25, 0.3) is 0 Å². The van der Waals surface area contributed by atoms with E-state index in [0.717, 1.165) is 59.7 Å². The van der Waals surface area contributed by atoms with Crippen LogP contribution < -0.4 is 5.69 Å². The van der Waals surface area contributed by atoms with Crippen LogP contribution in [0.25, 0.3) is 5.69 Å². The molecule has 0 aliphatic heterocycles. The van der Waals surface area contributed by atoms with E-state index in [0.29, 0.717) is 23.4 Å². The number of rotatable bonds is 4. The predicted octanol–water partition coefficient (Wildman–Crippen LogP) is 4.16. The molecule has 36 heavy (non-hydrogen) atoms. The summed E-state index contributed by atoms with van der Waals surface area (Å²) in [6, 6.07) is 5.48. The van der Waals surface area contributed by atoms with Crippen molar-refractivity contribution in [2.24, 2.45) is 40.9 Å². The minimum atomic E-state index is -0.501. The van der Waals surface area contributed by atoms with Crippen molar-refractivity contribution in [3.05, 3.63) is 40.6 Å². The van der Waals surface area contributed by atoms with Gasteiger partial charge in [0.1, 0.15) is 12.4 Å². The van der Waals surface area contributed by atoms with E-state index in [-0.39, 0.29) is 23.7 Å². The maximum Gasteiger partial charge on any atom is 0.368 e. The lowest BCUT2D eigenvalue weighted by Crippen LogP contribution is -2.51. The molecule has 2 aromatic rings. The number of hydrogen-bond donors (Lipinski definition) is 1. The van der Waals surface area contributed by atoms with E-state index in [9.17, 15) is 19.1 Å². The SMILES string of the molecule is C[C@@]1(O)CC[C@@H]2C3CC[C@]4(C)[C@@H](C(=O)Cn5nnn(-c6ccc(F)cc6)c5=O)CC[C@H]4[C@@H]3CC[C@@H]2C1.